The number of carbonyl (C=O) groups excluding carboxylic acids is 2. The van der Waals surface area contributed by atoms with Crippen molar-refractivity contribution < 1.29 is 31.9 Å². The first kappa shape index (κ1) is 22.7. The van der Waals surface area contributed by atoms with E-state index in [0.29, 0.717) is 12.3 Å². The number of halogens is 1. The molecule has 12 heteroatoms. The van der Waals surface area contributed by atoms with Gasteiger partial charge in [-0.3, -0.25) is 4.79 Å². The Labute approximate surface area is 172 Å². The molecule has 1 aromatic carbocycles. The molecule has 2 rings (SSSR count). The van der Waals surface area contributed by atoms with Gasteiger partial charge in [0.1, 0.15) is 10.7 Å². The summed E-state index contributed by atoms with van der Waals surface area (Å²) in [6.07, 6.45) is 1.58. The fourth-order valence-electron chi connectivity index (χ4n) is 2.21. The number of primary sulfonamides is 1. The molecule has 29 heavy (non-hydrogen) atoms. The van der Waals surface area contributed by atoms with Crippen LogP contribution in [0.5, 0.6) is 0 Å². The molecule has 4 N–H and O–H groups in total. The van der Waals surface area contributed by atoms with E-state index in [1.807, 2.05) is 0 Å². The number of hydrogen-bond donors (Lipinski definition) is 3. The van der Waals surface area contributed by atoms with Crippen LogP contribution in [0.1, 0.15) is 22.5 Å². The molecule has 0 aliphatic rings. The van der Waals surface area contributed by atoms with Crippen LogP contribution in [0.3, 0.4) is 0 Å². The van der Waals surface area contributed by atoms with Crippen LogP contribution in [0.25, 0.3) is 0 Å². The van der Waals surface area contributed by atoms with E-state index < -0.39 is 33.7 Å². The van der Waals surface area contributed by atoms with Gasteiger partial charge in [-0.05, 0) is 31.3 Å². The zero-order valence-corrected chi connectivity index (χ0v) is 17.0. The minimum atomic E-state index is -4.19. The van der Waals surface area contributed by atoms with Crippen LogP contribution in [-0.2, 0) is 30.8 Å². The van der Waals surface area contributed by atoms with Crippen molar-refractivity contribution in [3.8, 4) is 0 Å². The maximum atomic E-state index is 12.4. The number of carbonyl (C=O) groups is 2. The minimum Gasteiger partial charge on any atom is -0.467 e. The van der Waals surface area contributed by atoms with Gasteiger partial charge < -0.3 is 24.5 Å². The third-order valence-corrected chi connectivity index (χ3v) is 5.00. The first-order chi connectivity index (χ1) is 13.7. The zero-order valence-electron chi connectivity index (χ0n) is 15.4. The predicted molar refractivity (Wildman–Crippen MR) is 104 cm³/mol. The number of rotatable bonds is 10. The largest absolute Gasteiger partial charge is 0.467 e. The summed E-state index contributed by atoms with van der Waals surface area (Å²) in [5, 5.41) is 10.7. The molecule has 0 spiro atoms. The van der Waals surface area contributed by atoms with Gasteiger partial charge in [0.15, 0.2) is 0 Å². The first-order valence-electron chi connectivity index (χ1n) is 8.32. The summed E-state index contributed by atoms with van der Waals surface area (Å²) in [6, 6.07) is 5.62. The number of nitrogens with two attached hydrogens (primary N) is 1. The van der Waals surface area contributed by atoms with Gasteiger partial charge in [-0.1, -0.05) is 11.6 Å². The lowest BCUT2D eigenvalue weighted by molar-refractivity contribution is -0.152. The quantitative estimate of drug-likeness (QED) is 0.364. The van der Waals surface area contributed by atoms with Crippen molar-refractivity contribution in [3.05, 3.63) is 46.9 Å². The molecule has 0 amide bonds. The van der Waals surface area contributed by atoms with Crippen LogP contribution < -0.4 is 15.8 Å². The van der Waals surface area contributed by atoms with E-state index in [9.17, 15) is 18.0 Å². The van der Waals surface area contributed by atoms with Crippen molar-refractivity contribution in [3.63, 3.8) is 0 Å². The van der Waals surface area contributed by atoms with E-state index in [1.165, 1.54) is 12.3 Å². The maximum Gasteiger partial charge on any atom is 0.343 e. The molecule has 0 radical (unpaired) electrons. The highest BCUT2D eigenvalue weighted by Gasteiger charge is 2.22. The van der Waals surface area contributed by atoms with E-state index in [-0.39, 0.29) is 29.2 Å². The average Bonchev–Trinajstić information content (AvgIpc) is 3.17. The Morgan fingerprint density at radius 3 is 2.66 bits per heavy atom. The molecule has 10 nitrogen and oxygen atoms in total. The van der Waals surface area contributed by atoms with Gasteiger partial charge in [-0.15, -0.1) is 0 Å². The molecule has 0 saturated heterocycles. The zero-order chi connectivity index (χ0) is 21.4. The number of sulfonamides is 1. The third-order valence-electron chi connectivity index (χ3n) is 3.62. The number of furan rings is 1. The number of benzene rings is 1. The van der Waals surface area contributed by atoms with Crippen LogP contribution in [0.15, 0.2) is 39.8 Å². The highest BCUT2D eigenvalue weighted by atomic mass is 35.5. The van der Waals surface area contributed by atoms with Crippen molar-refractivity contribution in [1.29, 1.82) is 0 Å². The molecule has 0 saturated carbocycles. The average molecular weight is 446 g/mol. The van der Waals surface area contributed by atoms with E-state index >= 15 is 0 Å². The lowest BCUT2D eigenvalue weighted by atomic mass is 10.1. The Bertz CT molecular complexity index is 962. The lowest BCUT2D eigenvalue weighted by Gasteiger charge is -2.14. The van der Waals surface area contributed by atoms with Crippen LogP contribution in [-0.4, -0.2) is 40.7 Å². The summed E-state index contributed by atoms with van der Waals surface area (Å²) in [7, 11) is -2.51. The topological polar surface area (TPSA) is 150 Å². The van der Waals surface area contributed by atoms with Gasteiger partial charge in [0.2, 0.25) is 16.8 Å². The Morgan fingerprint density at radius 1 is 1.28 bits per heavy atom. The normalized spacial score (nSPS) is 11.1. The molecule has 1 aromatic heterocycles. The fraction of sp³-hybridized carbons (Fsp3) is 0.294. The van der Waals surface area contributed by atoms with Crippen molar-refractivity contribution in [2.45, 2.75) is 17.9 Å². The first-order valence-corrected chi connectivity index (χ1v) is 10.2. The molecular formula is C17H20ClN3O7S. The molecule has 0 aliphatic heterocycles. The molecule has 158 valence electrons. The van der Waals surface area contributed by atoms with Crippen molar-refractivity contribution >= 4 is 39.3 Å². The van der Waals surface area contributed by atoms with E-state index in [2.05, 4.69) is 10.6 Å². The molecule has 0 aliphatic carbocycles. The Morgan fingerprint density at radius 2 is 2.03 bits per heavy atom. The second kappa shape index (κ2) is 10.3. The molecular weight excluding hydrogens is 426 g/mol. The van der Waals surface area contributed by atoms with Crippen molar-refractivity contribution in [2.24, 2.45) is 5.14 Å². The van der Waals surface area contributed by atoms with Crippen LogP contribution in [0, 0.1) is 0 Å². The summed E-state index contributed by atoms with van der Waals surface area (Å²) in [5.41, 5.74) is 0.0292. The summed E-state index contributed by atoms with van der Waals surface area (Å²) in [6.45, 7) is -0.0355. The highest BCUT2D eigenvalue weighted by Crippen LogP contribution is 2.29. The SMILES string of the molecule is CNCCC(=O)OCOC(=O)c1cc(S(N)(=O)=O)c(Cl)cc1NCc1ccco1. The second-order valence-electron chi connectivity index (χ2n) is 5.73. The van der Waals surface area contributed by atoms with Gasteiger partial charge in [0, 0.05) is 6.54 Å². The number of nitrogens with one attached hydrogen (secondary N) is 2. The molecule has 0 bridgehead atoms. The van der Waals surface area contributed by atoms with Crippen LogP contribution in [0.4, 0.5) is 5.69 Å². The molecule has 0 atom stereocenters. The van der Waals surface area contributed by atoms with Gasteiger partial charge in [0.25, 0.3) is 0 Å². The molecule has 0 fully saturated rings. The Kier molecular flexibility index (Phi) is 8.02. The number of esters is 2. The van der Waals surface area contributed by atoms with Gasteiger partial charge in [-0.25, -0.2) is 18.4 Å². The van der Waals surface area contributed by atoms with Gasteiger partial charge >= 0.3 is 11.9 Å². The van der Waals surface area contributed by atoms with Crippen LogP contribution >= 0.6 is 11.6 Å². The summed E-state index contributed by atoms with van der Waals surface area (Å²) >= 11 is 6.00. The number of anilines is 1. The number of hydrogen-bond acceptors (Lipinski definition) is 9. The Hall–Kier alpha value is -2.60. The van der Waals surface area contributed by atoms with Crippen LogP contribution in [0.2, 0.25) is 5.02 Å². The van der Waals surface area contributed by atoms with Crippen molar-refractivity contribution in [2.75, 3.05) is 25.7 Å². The summed E-state index contributed by atoms with van der Waals surface area (Å²) < 4.78 is 38.3. The highest BCUT2D eigenvalue weighted by molar-refractivity contribution is 7.89. The third kappa shape index (κ3) is 6.75. The van der Waals surface area contributed by atoms with Crippen molar-refractivity contribution in [1.82, 2.24) is 5.32 Å². The van der Waals surface area contributed by atoms with E-state index in [4.69, 9.17) is 30.6 Å². The second-order valence-corrected chi connectivity index (χ2v) is 7.66. The molecule has 0 unspecified atom stereocenters. The summed E-state index contributed by atoms with van der Waals surface area (Å²) in [5.74, 6) is -0.936. The maximum absolute atomic E-state index is 12.4. The summed E-state index contributed by atoms with van der Waals surface area (Å²) in [4.78, 5) is 23.5. The molecule has 2 aromatic rings. The Balaban J connectivity index is 2.18. The minimum absolute atomic E-state index is 0.0977. The predicted octanol–water partition coefficient (Wildman–Crippen LogP) is 1.46. The standard InChI is InChI=1S/C17H20ClN3O7S/c1-20-5-4-16(22)27-10-28-17(23)12-7-15(29(19,24)25)13(18)8-14(12)21-9-11-3-2-6-26-11/h2-3,6-8,20-21H,4-5,9-10H2,1H3,(H2,19,24,25). The number of ether oxygens (including phenoxy) is 2. The lowest BCUT2D eigenvalue weighted by Crippen LogP contribution is -2.19. The van der Waals surface area contributed by atoms with Gasteiger partial charge in [-0.2, -0.15) is 0 Å². The van der Waals surface area contributed by atoms with Gasteiger partial charge in [0.05, 0.1) is 35.5 Å². The smallest absolute Gasteiger partial charge is 0.343 e. The fourth-order valence-corrected chi connectivity index (χ4v) is 3.31. The van der Waals surface area contributed by atoms with E-state index in [1.54, 1.807) is 19.2 Å². The van der Waals surface area contributed by atoms with E-state index in [0.717, 1.165) is 6.07 Å². The monoisotopic (exact) mass is 445 g/mol. The molecule has 1 heterocycles.